The van der Waals surface area contributed by atoms with Gasteiger partial charge in [-0.1, -0.05) is 152 Å². The fourth-order valence-corrected chi connectivity index (χ4v) is 10.8. The second-order valence-electron chi connectivity index (χ2n) is 15.9. The number of hydrogen-bond acceptors (Lipinski definition) is 2. The number of fused-ring (bicyclic) bond motifs is 10. The Kier molecular flexibility index (Phi) is 7.00. The largest absolute Gasteiger partial charge is 0.310 e. The molecule has 0 aliphatic heterocycles. The van der Waals surface area contributed by atoms with Crippen LogP contribution in [0, 0.1) is 13.8 Å². The summed E-state index contributed by atoms with van der Waals surface area (Å²) in [4.78, 5) is 3.71. The van der Waals surface area contributed by atoms with Crippen LogP contribution in [-0.4, -0.2) is 4.40 Å². The lowest BCUT2D eigenvalue weighted by atomic mass is 9.80. The molecule has 3 heteroatoms. The quantitative estimate of drug-likeness (QED) is 0.155. The van der Waals surface area contributed by atoms with E-state index >= 15 is 0 Å². The zero-order valence-corrected chi connectivity index (χ0v) is 32.3. The van der Waals surface area contributed by atoms with Gasteiger partial charge < -0.3 is 9.30 Å². The van der Waals surface area contributed by atoms with E-state index in [0.29, 0.717) is 0 Å². The minimum absolute atomic E-state index is 0.155. The van der Waals surface area contributed by atoms with E-state index in [-0.39, 0.29) is 11.3 Å². The van der Waals surface area contributed by atoms with Gasteiger partial charge >= 0.3 is 0 Å². The van der Waals surface area contributed by atoms with Gasteiger partial charge in [-0.15, -0.1) is 11.3 Å². The summed E-state index contributed by atoms with van der Waals surface area (Å²) in [5.41, 5.74) is 16.7. The Bertz CT molecular complexity index is 3060. The van der Waals surface area contributed by atoms with Gasteiger partial charge in [0.2, 0.25) is 0 Å². The molecule has 3 aromatic heterocycles. The Hall–Kier alpha value is -6.16. The number of aryl methyl sites for hydroxylation is 2. The van der Waals surface area contributed by atoms with Crippen molar-refractivity contribution >= 4 is 65.0 Å². The average Bonchev–Trinajstić information content (AvgIpc) is 3.92. The highest BCUT2D eigenvalue weighted by Crippen LogP contribution is 2.57. The molecule has 10 aromatic rings. The van der Waals surface area contributed by atoms with Crippen molar-refractivity contribution in [3.8, 4) is 11.1 Å². The number of nitrogens with zero attached hydrogens (tertiary/aromatic N) is 2. The van der Waals surface area contributed by atoms with Gasteiger partial charge in [-0.2, -0.15) is 0 Å². The van der Waals surface area contributed by atoms with Crippen molar-refractivity contribution in [1.29, 1.82) is 0 Å². The third-order valence-electron chi connectivity index (χ3n) is 12.1. The molecule has 1 unspecified atom stereocenters. The fraction of sp³-hybridized carbons (Fsp3) is 0.115. The third kappa shape index (κ3) is 4.73. The average molecular weight is 725 g/mol. The van der Waals surface area contributed by atoms with E-state index in [9.17, 15) is 0 Å². The second-order valence-corrected chi connectivity index (χ2v) is 16.9. The van der Waals surface area contributed by atoms with E-state index in [1.807, 2.05) is 11.3 Å². The van der Waals surface area contributed by atoms with Crippen molar-refractivity contribution in [1.82, 2.24) is 4.40 Å². The van der Waals surface area contributed by atoms with Gasteiger partial charge in [0.15, 0.2) is 0 Å². The van der Waals surface area contributed by atoms with E-state index in [1.54, 1.807) is 0 Å². The molecule has 0 N–H and O–H groups in total. The molecule has 2 nitrogen and oxygen atoms in total. The number of benzene rings is 7. The molecule has 0 spiro atoms. The summed E-state index contributed by atoms with van der Waals surface area (Å²) in [5.74, 6) is 0.155. The van der Waals surface area contributed by atoms with Crippen LogP contribution in [0.3, 0.4) is 0 Å². The minimum Gasteiger partial charge on any atom is -0.310 e. The molecular formula is C52H40N2S. The molecule has 0 bridgehead atoms. The number of rotatable bonds is 6. The van der Waals surface area contributed by atoms with Crippen LogP contribution < -0.4 is 4.90 Å². The summed E-state index contributed by atoms with van der Waals surface area (Å²) in [6.45, 7) is 9.19. The van der Waals surface area contributed by atoms with E-state index in [0.717, 1.165) is 11.4 Å². The topological polar surface area (TPSA) is 7.65 Å². The van der Waals surface area contributed by atoms with Gasteiger partial charge in [-0.3, -0.25) is 0 Å². The summed E-state index contributed by atoms with van der Waals surface area (Å²) in [6.07, 6.45) is 0. The first-order valence-corrected chi connectivity index (χ1v) is 20.1. The van der Waals surface area contributed by atoms with Crippen LogP contribution in [0.1, 0.15) is 58.8 Å². The summed E-state index contributed by atoms with van der Waals surface area (Å²) in [6, 6.07) is 61.0. The SMILES string of the molecule is Cc1ccc(C(c2ccccc2)c2ccc3c(c2)C(C)(C)c2c-3c3cccc4c5c6ccc(N(c7ccccc7)c7ccc(C)cc7)cc6sc5n2c34)cc1. The second kappa shape index (κ2) is 11.9. The molecule has 0 amide bonds. The number of para-hydroxylation sites is 2. The molecule has 3 heterocycles. The zero-order valence-electron chi connectivity index (χ0n) is 31.5. The first-order chi connectivity index (χ1) is 26.9. The fourth-order valence-electron chi connectivity index (χ4n) is 9.54. The molecule has 0 fully saturated rings. The van der Waals surface area contributed by atoms with Crippen molar-refractivity contribution < 1.29 is 0 Å². The highest BCUT2D eigenvalue weighted by Gasteiger charge is 2.42. The van der Waals surface area contributed by atoms with Crippen molar-refractivity contribution in [3.63, 3.8) is 0 Å². The molecule has 0 radical (unpaired) electrons. The molecule has 11 rings (SSSR count). The van der Waals surface area contributed by atoms with Gasteiger partial charge in [0.05, 0.1) is 5.52 Å². The van der Waals surface area contributed by atoms with Crippen molar-refractivity contribution in [2.45, 2.75) is 39.0 Å². The van der Waals surface area contributed by atoms with E-state index < -0.39 is 0 Å². The van der Waals surface area contributed by atoms with E-state index in [4.69, 9.17) is 0 Å². The van der Waals surface area contributed by atoms with E-state index in [1.165, 1.54) is 92.5 Å². The first-order valence-electron chi connectivity index (χ1n) is 19.3. The summed E-state index contributed by atoms with van der Waals surface area (Å²) in [5, 5.41) is 5.39. The predicted molar refractivity (Wildman–Crippen MR) is 235 cm³/mol. The lowest BCUT2D eigenvalue weighted by Crippen LogP contribution is -2.18. The Balaban J connectivity index is 1.10. The predicted octanol–water partition coefficient (Wildman–Crippen LogP) is 14.5. The van der Waals surface area contributed by atoms with Crippen LogP contribution in [0.15, 0.2) is 164 Å². The number of anilines is 3. The van der Waals surface area contributed by atoms with Crippen molar-refractivity contribution in [3.05, 3.63) is 203 Å². The van der Waals surface area contributed by atoms with Gasteiger partial charge in [0, 0.05) is 65.9 Å². The van der Waals surface area contributed by atoms with Gasteiger partial charge in [-0.05, 0) is 78.1 Å². The van der Waals surface area contributed by atoms with Crippen LogP contribution >= 0.6 is 11.3 Å². The normalized spacial score (nSPS) is 13.9. The summed E-state index contributed by atoms with van der Waals surface area (Å²) < 4.78 is 3.95. The molecule has 55 heavy (non-hydrogen) atoms. The maximum Gasteiger partial charge on any atom is 0.109 e. The van der Waals surface area contributed by atoms with Gasteiger partial charge in [0.25, 0.3) is 0 Å². The van der Waals surface area contributed by atoms with Crippen molar-refractivity contribution in [2.24, 2.45) is 0 Å². The van der Waals surface area contributed by atoms with Gasteiger partial charge in [0.1, 0.15) is 4.83 Å². The molecule has 1 atom stereocenters. The number of hydrogen-bond donors (Lipinski definition) is 0. The molecule has 0 saturated heterocycles. The Morgan fingerprint density at radius 2 is 1.16 bits per heavy atom. The molecule has 7 aromatic carbocycles. The number of thiophene rings is 1. The van der Waals surface area contributed by atoms with Crippen LogP contribution in [-0.2, 0) is 5.41 Å². The molecule has 1 aliphatic carbocycles. The van der Waals surface area contributed by atoms with Gasteiger partial charge in [-0.25, -0.2) is 0 Å². The maximum absolute atomic E-state index is 2.64. The van der Waals surface area contributed by atoms with Crippen LogP contribution in [0.2, 0.25) is 0 Å². The Morgan fingerprint density at radius 3 is 1.91 bits per heavy atom. The first kappa shape index (κ1) is 32.3. The third-order valence-corrected chi connectivity index (χ3v) is 13.3. The van der Waals surface area contributed by atoms with E-state index in [2.05, 4.69) is 201 Å². The smallest absolute Gasteiger partial charge is 0.109 e. The highest BCUT2D eigenvalue weighted by atomic mass is 32.1. The number of aromatic nitrogens is 1. The Labute approximate surface area is 325 Å². The standard InChI is InChI=1S/C52H40N2S/c1-32-18-22-35(23-19-32)46(34-12-7-5-8-13-34)36-24-28-40-44(30-36)52(3,4)50-47(40)42-16-11-17-43-48-41-29-27-39(31-45(41)55-51(48)54(50)49(42)43)53(37-14-9-6-10-15-37)38-25-20-33(2)21-26-38/h5-31,46H,1-4H3. The van der Waals surface area contributed by atoms with Crippen LogP contribution in [0.25, 0.3) is 47.7 Å². The lowest BCUT2D eigenvalue weighted by Gasteiger charge is -2.25. The Morgan fingerprint density at radius 1 is 0.545 bits per heavy atom. The van der Waals surface area contributed by atoms with Crippen LogP contribution in [0.5, 0.6) is 0 Å². The summed E-state index contributed by atoms with van der Waals surface area (Å²) in [7, 11) is 0. The monoisotopic (exact) mass is 724 g/mol. The minimum atomic E-state index is -0.204. The van der Waals surface area contributed by atoms with Crippen LogP contribution in [0.4, 0.5) is 17.1 Å². The zero-order chi connectivity index (χ0) is 37.0. The molecular weight excluding hydrogens is 685 g/mol. The molecule has 1 aliphatic rings. The maximum atomic E-state index is 2.64. The molecule has 0 saturated carbocycles. The molecule has 264 valence electrons. The highest BCUT2D eigenvalue weighted by molar-refractivity contribution is 7.25. The van der Waals surface area contributed by atoms with Crippen molar-refractivity contribution in [2.75, 3.05) is 4.90 Å². The summed E-state index contributed by atoms with van der Waals surface area (Å²) >= 11 is 1.93. The lowest BCUT2D eigenvalue weighted by molar-refractivity contribution is 0.633.